The molecule has 0 saturated carbocycles. The Morgan fingerprint density at radius 3 is 2.47 bits per heavy atom. The van der Waals surface area contributed by atoms with E-state index in [1.807, 2.05) is 55.5 Å². The van der Waals surface area contributed by atoms with Crippen LogP contribution in [0.2, 0.25) is 0 Å². The average molecular weight is 485 g/mol. The number of para-hydroxylation sites is 1. The Morgan fingerprint density at radius 2 is 1.78 bits per heavy atom. The second kappa shape index (κ2) is 7.83. The predicted molar refractivity (Wildman–Crippen MR) is 130 cm³/mol. The van der Waals surface area contributed by atoms with Crippen LogP contribution in [0, 0.1) is 6.92 Å². The molecule has 9 heteroatoms. The number of sulfone groups is 1. The molecule has 0 radical (unpaired) electrons. The molecule has 0 aromatic heterocycles. The summed E-state index contributed by atoms with van der Waals surface area (Å²) in [5.41, 5.74) is 3.92. The molecule has 0 N–H and O–H groups in total. The van der Waals surface area contributed by atoms with Crippen LogP contribution in [-0.4, -0.2) is 47.0 Å². The van der Waals surface area contributed by atoms with Crippen molar-refractivity contribution in [3.8, 4) is 0 Å². The molecule has 3 aliphatic heterocycles. The van der Waals surface area contributed by atoms with Crippen molar-refractivity contribution in [3.63, 3.8) is 0 Å². The standard InChI is InChI=1S/C23H20N2O4S3/c1-14-6-8-15(9-7-14)12-24-18-5-3-2-4-17(18)19(21(24)26)20-22(27)25(23(30)31-20)16-10-11-32(28,29)13-16/h2-9,16H,10-13H2,1H3. The summed E-state index contributed by atoms with van der Waals surface area (Å²) in [5.74, 6) is -0.664. The topological polar surface area (TPSA) is 74.8 Å². The smallest absolute Gasteiger partial charge is 0.267 e. The van der Waals surface area contributed by atoms with Crippen molar-refractivity contribution in [2.24, 2.45) is 0 Å². The fraction of sp³-hybridized carbons (Fsp3) is 0.261. The number of carbonyl (C=O) groups excluding carboxylic acids is 2. The average Bonchev–Trinajstić information content (AvgIpc) is 3.35. The Bertz CT molecular complexity index is 1300. The summed E-state index contributed by atoms with van der Waals surface area (Å²) >= 11 is 6.53. The number of rotatable bonds is 3. The van der Waals surface area contributed by atoms with E-state index in [9.17, 15) is 18.0 Å². The maximum atomic E-state index is 13.5. The van der Waals surface area contributed by atoms with E-state index >= 15 is 0 Å². The largest absolute Gasteiger partial charge is 0.303 e. The number of hydrogen-bond acceptors (Lipinski definition) is 6. The zero-order valence-electron chi connectivity index (χ0n) is 17.3. The van der Waals surface area contributed by atoms with Crippen molar-refractivity contribution in [1.82, 2.24) is 4.90 Å². The molecule has 0 aliphatic carbocycles. The minimum absolute atomic E-state index is 0.0483. The Hall–Kier alpha value is -2.49. The Labute approximate surface area is 196 Å². The van der Waals surface area contributed by atoms with Crippen molar-refractivity contribution in [2.75, 3.05) is 16.4 Å². The number of amides is 2. The van der Waals surface area contributed by atoms with Crippen molar-refractivity contribution in [2.45, 2.75) is 25.9 Å². The second-order valence-electron chi connectivity index (χ2n) is 8.20. The number of aryl methyl sites for hydroxylation is 1. The van der Waals surface area contributed by atoms with Crippen LogP contribution in [0.15, 0.2) is 53.4 Å². The van der Waals surface area contributed by atoms with E-state index < -0.39 is 15.9 Å². The number of nitrogens with zero attached hydrogens (tertiary/aromatic N) is 2. The molecule has 164 valence electrons. The first-order valence-electron chi connectivity index (χ1n) is 10.2. The lowest BCUT2D eigenvalue weighted by molar-refractivity contribution is -0.123. The number of hydrogen-bond donors (Lipinski definition) is 0. The van der Waals surface area contributed by atoms with Crippen LogP contribution < -0.4 is 4.90 Å². The molecule has 2 saturated heterocycles. The molecule has 2 amide bonds. The third kappa shape index (κ3) is 3.58. The van der Waals surface area contributed by atoms with Gasteiger partial charge in [-0.05, 0) is 25.0 Å². The second-order valence-corrected chi connectivity index (χ2v) is 12.1. The highest BCUT2D eigenvalue weighted by atomic mass is 32.2. The summed E-state index contributed by atoms with van der Waals surface area (Å²) in [6.07, 6.45) is 0.363. The molecular formula is C23H20N2O4S3. The van der Waals surface area contributed by atoms with Crippen LogP contribution in [0.4, 0.5) is 5.69 Å². The molecule has 5 rings (SSSR count). The van der Waals surface area contributed by atoms with Crippen LogP contribution in [0.25, 0.3) is 5.57 Å². The molecule has 3 aliphatic rings. The lowest BCUT2D eigenvalue weighted by Gasteiger charge is -2.21. The van der Waals surface area contributed by atoms with Gasteiger partial charge in [0.15, 0.2) is 9.84 Å². The van der Waals surface area contributed by atoms with E-state index in [0.29, 0.717) is 28.4 Å². The third-order valence-corrected chi connectivity index (χ3v) is 9.14. The number of benzene rings is 2. The molecule has 6 nitrogen and oxygen atoms in total. The van der Waals surface area contributed by atoms with Crippen molar-refractivity contribution >= 4 is 61.2 Å². The van der Waals surface area contributed by atoms with Crippen molar-refractivity contribution in [3.05, 3.63) is 70.1 Å². The number of anilines is 1. The van der Waals surface area contributed by atoms with Crippen LogP contribution in [-0.2, 0) is 26.0 Å². The molecule has 1 atom stereocenters. The van der Waals surface area contributed by atoms with Crippen LogP contribution in [0.3, 0.4) is 0 Å². The maximum Gasteiger partial charge on any atom is 0.267 e. The van der Waals surface area contributed by atoms with Gasteiger partial charge in [0.2, 0.25) is 0 Å². The fourth-order valence-corrected chi connectivity index (χ4v) is 7.53. The van der Waals surface area contributed by atoms with E-state index in [2.05, 4.69) is 0 Å². The van der Waals surface area contributed by atoms with Gasteiger partial charge < -0.3 is 4.90 Å². The quantitative estimate of drug-likeness (QED) is 0.492. The Balaban J connectivity index is 1.53. The molecule has 32 heavy (non-hydrogen) atoms. The molecule has 0 bridgehead atoms. The number of thioether (sulfide) groups is 1. The zero-order chi connectivity index (χ0) is 22.6. The minimum Gasteiger partial charge on any atom is -0.303 e. The van der Waals surface area contributed by atoms with Crippen LogP contribution in [0.1, 0.15) is 23.1 Å². The maximum absolute atomic E-state index is 13.5. The number of thiocarbonyl (C=S) groups is 1. The first-order chi connectivity index (χ1) is 15.2. The Morgan fingerprint density at radius 1 is 1.06 bits per heavy atom. The molecule has 0 spiro atoms. The first-order valence-corrected chi connectivity index (χ1v) is 13.3. The van der Waals surface area contributed by atoms with E-state index in [1.165, 1.54) is 4.90 Å². The van der Waals surface area contributed by atoms with Crippen LogP contribution >= 0.6 is 24.0 Å². The van der Waals surface area contributed by atoms with E-state index in [0.717, 1.165) is 28.6 Å². The summed E-state index contributed by atoms with van der Waals surface area (Å²) in [6, 6.07) is 14.9. The predicted octanol–water partition coefficient (Wildman–Crippen LogP) is 3.30. The van der Waals surface area contributed by atoms with Gasteiger partial charge in [0.25, 0.3) is 11.8 Å². The normalized spacial score (nSPS) is 24.5. The third-order valence-electron chi connectivity index (χ3n) is 5.98. The van der Waals surface area contributed by atoms with Gasteiger partial charge in [0.1, 0.15) is 4.32 Å². The summed E-state index contributed by atoms with van der Waals surface area (Å²) in [4.78, 5) is 30.3. The van der Waals surface area contributed by atoms with Crippen molar-refractivity contribution in [1.29, 1.82) is 0 Å². The fourth-order valence-electron chi connectivity index (χ4n) is 4.36. The number of carbonyl (C=O) groups is 2. The van der Waals surface area contributed by atoms with Gasteiger partial charge >= 0.3 is 0 Å². The first kappa shape index (κ1) is 21.4. The summed E-state index contributed by atoms with van der Waals surface area (Å²) in [5, 5.41) is 0. The van der Waals surface area contributed by atoms with Gasteiger partial charge in [0, 0.05) is 5.56 Å². The van der Waals surface area contributed by atoms with Crippen LogP contribution in [0.5, 0.6) is 0 Å². The summed E-state index contributed by atoms with van der Waals surface area (Å²) < 4.78 is 24.2. The van der Waals surface area contributed by atoms with Gasteiger partial charge in [-0.3, -0.25) is 14.5 Å². The Kier molecular flexibility index (Phi) is 5.22. The molecular weight excluding hydrogens is 464 g/mol. The van der Waals surface area contributed by atoms with Crippen molar-refractivity contribution < 1.29 is 18.0 Å². The highest BCUT2D eigenvalue weighted by Gasteiger charge is 2.46. The molecule has 2 aromatic carbocycles. The molecule has 2 aromatic rings. The summed E-state index contributed by atoms with van der Waals surface area (Å²) in [7, 11) is -3.18. The molecule has 3 heterocycles. The van der Waals surface area contributed by atoms with Gasteiger partial charge in [-0.15, -0.1) is 0 Å². The molecule has 1 unspecified atom stereocenters. The van der Waals surface area contributed by atoms with Gasteiger partial charge in [-0.1, -0.05) is 72.0 Å². The zero-order valence-corrected chi connectivity index (χ0v) is 19.7. The highest BCUT2D eigenvalue weighted by molar-refractivity contribution is 8.26. The van der Waals surface area contributed by atoms with E-state index in [1.54, 1.807) is 4.90 Å². The lowest BCUT2D eigenvalue weighted by Crippen LogP contribution is -2.39. The monoisotopic (exact) mass is 484 g/mol. The van der Waals surface area contributed by atoms with Gasteiger partial charge in [-0.25, -0.2) is 8.42 Å². The van der Waals surface area contributed by atoms with E-state index in [-0.39, 0.29) is 28.2 Å². The lowest BCUT2D eigenvalue weighted by atomic mass is 10.1. The number of fused-ring (bicyclic) bond motifs is 1. The highest BCUT2D eigenvalue weighted by Crippen LogP contribution is 2.46. The van der Waals surface area contributed by atoms with Gasteiger partial charge in [-0.2, -0.15) is 0 Å². The van der Waals surface area contributed by atoms with E-state index in [4.69, 9.17) is 12.2 Å². The van der Waals surface area contributed by atoms with Gasteiger partial charge in [0.05, 0.1) is 40.3 Å². The molecule has 2 fully saturated rings. The summed E-state index contributed by atoms with van der Waals surface area (Å²) in [6.45, 7) is 2.40. The minimum atomic E-state index is -3.18. The SMILES string of the molecule is Cc1ccc(CN2C(=O)C(=C3SC(=S)N(C4CCS(=O)(=O)C4)C3=O)c3ccccc32)cc1.